The summed E-state index contributed by atoms with van der Waals surface area (Å²) in [5.41, 5.74) is 2.71. The maximum Gasteiger partial charge on any atom is 0.243 e. The average Bonchev–Trinajstić information content (AvgIpc) is 3.05. The Labute approximate surface area is 196 Å². The summed E-state index contributed by atoms with van der Waals surface area (Å²) in [5.74, 6) is -0.137. The number of aromatic nitrogens is 2. The van der Waals surface area contributed by atoms with E-state index in [4.69, 9.17) is 0 Å². The quantitative estimate of drug-likeness (QED) is 0.533. The number of carbonyl (C=O) groups is 1. The fourth-order valence-corrected chi connectivity index (χ4v) is 6.26. The molecular weight excluding hydrogens is 444 g/mol. The van der Waals surface area contributed by atoms with Gasteiger partial charge in [-0.15, -0.1) is 0 Å². The zero-order chi connectivity index (χ0) is 23.3. The lowest BCUT2D eigenvalue weighted by molar-refractivity contribution is -0.115. The molecule has 1 aromatic carbocycles. The van der Waals surface area contributed by atoms with Crippen molar-refractivity contribution in [3.8, 4) is 0 Å². The van der Waals surface area contributed by atoms with Crippen molar-refractivity contribution in [3.63, 3.8) is 0 Å². The Morgan fingerprint density at radius 1 is 1.16 bits per heavy atom. The summed E-state index contributed by atoms with van der Waals surface area (Å²) >= 11 is 1.45. The minimum absolute atomic E-state index is 0.137. The molecule has 1 saturated heterocycles. The lowest BCUT2D eigenvalue weighted by atomic mass is 10.2. The third-order valence-corrected chi connectivity index (χ3v) is 8.89. The number of nitrogens with one attached hydrogen (secondary N) is 1. The molecule has 1 amide bonds. The number of sulfonamides is 1. The van der Waals surface area contributed by atoms with Gasteiger partial charge >= 0.3 is 0 Å². The summed E-state index contributed by atoms with van der Waals surface area (Å²) in [6, 6.07) is 6.45. The Morgan fingerprint density at radius 3 is 2.44 bits per heavy atom. The number of unbranched alkanes of at least 4 members (excludes halogenated alkanes) is 1. The molecule has 1 aromatic heterocycles. The van der Waals surface area contributed by atoms with E-state index in [-0.39, 0.29) is 16.1 Å². The first-order chi connectivity index (χ1) is 15.2. The Bertz CT molecular complexity index is 1030. The normalized spacial score (nSPS) is 16.1. The number of benzene rings is 1. The summed E-state index contributed by atoms with van der Waals surface area (Å²) in [7, 11) is -3.47. The highest BCUT2D eigenvalue weighted by Gasteiger charge is 2.26. The molecule has 9 heteroatoms. The van der Waals surface area contributed by atoms with Gasteiger partial charge in [0.25, 0.3) is 0 Å². The second-order valence-electron chi connectivity index (χ2n) is 8.31. The van der Waals surface area contributed by atoms with Crippen LogP contribution in [0.4, 0.5) is 5.69 Å². The first-order valence-corrected chi connectivity index (χ1v) is 13.7. The largest absolute Gasteiger partial charge is 0.325 e. The number of hydrogen-bond acceptors (Lipinski definition) is 5. The molecule has 7 nitrogen and oxygen atoms in total. The van der Waals surface area contributed by atoms with Gasteiger partial charge in [0, 0.05) is 31.0 Å². The molecule has 0 saturated carbocycles. The van der Waals surface area contributed by atoms with Crippen molar-refractivity contribution in [3.05, 3.63) is 35.7 Å². The number of anilines is 1. The zero-order valence-corrected chi connectivity index (χ0v) is 21.1. The highest BCUT2D eigenvalue weighted by atomic mass is 32.2. The summed E-state index contributed by atoms with van der Waals surface area (Å²) in [4.78, 5) is 17.7. The number of aryl methyl sites for hydroxylation is 1. The zero-order valence-electron chi connectivity index (χ0n) is 19.4. The molecule has 0 aliphatic carbocycles. The van der Waals surface area contributed by atoms with Crippen molar-refractivity contribution in [2.45, 2.75) is 81.6 Å². The number of hydrogen-bond donors (Lipinski definition) is 1. The molecule has 0 spiro atoms. The van der Waals surface area contributed by atoms with Crippen LogP contribution in [0.1, 0.15) is 57.3 Å². The van der Waals surface area contributed by atoms with E-state index in [1.165, 1.54) is 11.8 Å². The minimum atomic E-state index is -3.47. The average molecular weight is 479 g/mol. The number of rotatable bonds is 9. The van der Waals surface area contributed by atoms with Gasteiger partial charge in [-0.3, -0.25) is 4.79 Å². The first-order valence-electron chi connectivity index (χ1n) is 11.4. The van der Waals surface area contributed by atoms with E-state index in [0.29, 0.717) is 18.8 Å². The maximum absolute atomic E-state index is 12.8. The Balaban J connectivity index is 1.64. The third kappa shape index (κ3) is 5.74. The van der Waals surface area contributed by atoms with E-state index in [0.717, 1.165) is 55.2 Å². The molecule has 1 aliphatic rings. The van der Waals surface area contributed by atoms with E-state index in [9.17, 15) is 13.2 Å². The monoisotopic (exact) mass is 478 g/mol. The summed E-state index contributed by atoms with van der Waals surface area (Å²) in [5, 5.41) is 3.42. The highest BCUT2D eigenvalue weighted by Crippen LogP contribution is 2.27. The lowest BCUT2D eigenvalue weighted by Crippen LogP contribution is -2.35. The van der Waals surface area contributed by atoms with E-state index in [1.54, 1.807) is 28.6 Å². The van der Waals surface area contributed by atoms with Crippen LogP contribution >= 0.6 is 11.8 Å². The predicted molar refractivity (Wildman–Crippen MR) is 130 cm³/mol. The van der Waals surface area contributed by atoms with Gasteiger partial charge in [-0.05, 0) is 64.3 Å². The molecule has 1 N–H and O–H groups in total. The number of piperidine rings is 1. The van der Waals surface area contributed by atoms with Crippen molar-refractivity contribution in [1.29, 1.82) is 0 Å². The summed E-state index contributed by atoms with van der Waals surface area (Å²) in [6.07, 6.45) is 5.04. The van der Waals surface area contributed by atoms with Gasteiger partial charge in [0.05, 0.1) is 15.8 Å². The number of nitrogens with zero attached hydrogens (tertiary/aromatic N) is 3. The highest BCUT2D eigenvalue weighted by molar-refractivity contribution is 8.00. The standard InChI is InChI=1S/C23H34N4O3S2/c1-5-6-16-27-18(3)17(2)24-23(27)31-19(4)22(28)25-20-10-12-21(13-11-20)32(29,30)26-14-8-7-9-15-26/h10-13,19H,5-9,14-16H2,1-4H3,(H,25,28). The van der Waals surface area contributed by atoms with E-state index in [1.807, 2.05) is 13.8 Å². The third-order valence-electron chi connectivity index (χ3n) is 5.88. The molecule has 0 radical (unpaired) electrons. The van der Waals surface area contributed by atoms with E-state index < -0.39 is 10.0 Å². The van der Waals surface area contributed by atoms with Crippen molar-refractivity contribution < 1.29 is 13.2 Å². The summed E-state index contributed by atoms with van der Waals surface area (Å²) in [6.45, 7) is 10.1. The topological polar surface area (TPSA) is 84.3 Å². The second kappa shape index (κ2) is 10.9. The van der Waals surface area contributed by atoms with Crippen LogP contribution in [0.25, 0.3) is 0 Å². The van der Waals surface area contributed by atoms with Crippen LogP contribution in [-0.4, -0.2) is 46.5 Å². The molecular formula is C23H34N4O3S2. The van der Waals surface area contributed by atoms with Gasteiger partial charge in [-0.1, -0.05) is 31.5 Å². The van der Waals surface area contributed by atoms with Gasteiger partial charge < -0.3 is 9.88 Å². The van der Waals surface area contributed by atoms with Crippen LogP contribution in [0.5, 0.6) is 0 Å². The minimum Gasteiger partial charge on any atom is -0.325 e. The smallest absolute Gasteiger partial charge is 0.243 e. The number of amides is 1. The summed E-state index contributed by atoms with van der Waals surface area (Å²) < 4.78 is 29.3. The van der Waals surface area contributed by atoms with Crippen LogP contribution in [-0.2, 0) is 21.4 Å². The van der Waals surface area contributed by atoms with E-state index in [2.05, 4.69) is 28.7 Å². The van der Waals surface area contributed by atoms with Crippen molar-refractivity contribution in [2.24, 2.45) is 0 Å². The fraction of sp³-hybridized carbons (Fsp3) is 0.565. The Morgan fingerprint density at radius 2 is 1.81 bits per heavy atom. The van der Waals surface area contributed by atoms with Gasteiger partial charge in [-0.25, -0.2) is 13.4 Å². The van der Waals surface area contributed by atoms with Crippen LogP contribution in [0.3, 0.4) is 0 Å². The molecule has 1 unspecified atom stereocenters. The fourth-order valence-electron chi connectivity index (χ4n) is 3.71. The molecule has 3 rings (SSSR count). The van der Waals surface area contributed by atoms with Gasteiger partial charge in [0.15, 0.2) is 5.16 Å². The Kier molecular flexibility index (Phi) is 8.41. The van der Waals surface area contributed by atoms with Crippen molar-refractivity contribution in [2.75, 3.05) is 18.4 Å². The van der Waals surface area contributed by atoms with E-state index >= 15 is 0 Å². The number of imidazole rings is 1. The number of carbonyl (C=O) groups excluding carboxylic acids is 1. The molecule has 2 aromatic rings. The molecule has 176 valence electrons. The molecule has 32 heavy (non-hydrogen) atoms. The van der Waals surface area contributed by atoms with Gasteiger partial charge in [0.1, 0.15) is 0 Å². The van der Waals surface area contributed by atoms with Crippen LogP contribution in [0.2, 0.25) is 0 Å². The van der Waals surface area contributed by atoms with Gasteiger partial charge in [-0.2, -0.15) is 4.31 Å². The van der Waals surface area contributed by atoms with Crippen LogP contribution in [0.15, 0.2) is 34.3 Å². The molecule has 1 atom stereocenters. The predicted octanol–water partition coefficient (Wildman–Crippen LogP) is 4.59. The molecule has 0 bridgehead atoms. The number of thioether (sulfide) groups is 1. The SMILES string of the molecule is CCCCn1c(SC(C)C(=O)Nc2ccc(S(=O)(=O)N3CCCCC3)cc2)nc(C)c1C. The van der Waals surface area contributed by atoms with Crippen molar-refractivity contribution in [1.82, 2.24) is 13.9 Å². The van der Waals surface area contributed by atoms with Crippen LogP contribution in [0, 0.1) is 13.8 Å². The first kappa shape index (κ1) is 24.8. The maximum atomic E-state index is 12.8. The van der Waals surface area contributed by atoms with Crippen LogP contribution < -0.4 is 5.32 Å². The molecule has 1 aliphatic heterocycles. The molecule has 2 heterocycles. The van der Waals surface area contributed by atoms with Gasteiger partial charge in [0.2, 0.25) is 15.9 Å². The Hall–Kier alpha value is -1.84. The molecule has 1 fully saturated rings. The second-order valence-corrected chi connectivity index (χ2v) is 11.6. The van der Waals surface area contributed by atoms with Crippen molar-refractivity contribution >= 4 is 33.4 Å². The lowest BCUT2D eigenvalue weighted by Gasteiger charge is -2.25.